The summed E-state index contributed by atoms with van der Waals surface area (Å²) in [7, 11) is 0. The molecule has 1 N–H and O–H groups in total. The van der Waals surface area contributed by atoms with Crippen molar-refractivity contribution in [3.05, 3.63) is 42.2 Å². The van der Waals surface area contributed by atoms with Gasteiger partial charge in [0.15, 0.2) is 0 Å². The molecule has 0 spiro atoms. The third-order valence-corrected chi connectivity index (χ3v) is 3.23. The highest BCUT2D eigenvalue weighted by atomic mass is 16.3. The summed E-state index contributed by atoms with van der Waals surface area (Å²) in [5, 5.41) is 10.0. The summed E-state index contributed by atoms with van der Waals surface area (Å²) in [5.74, 6) is 0.238. The molecule has 0 aliphatic rings. The van der Waals surface area contributed by atoms with Crippen molar-refractivity contribution in [3.8, 4) is 0 Å². The van der Waals surface area contributed by atoms with Crippen LogP contribution in [0.5, 0.6) is 0 Å². The van der Waals surface area contributed by atoms with Crippen molar-refractivity contribution in [2.24, 2.45) is 5.92 Å². The summed E-state index contributed by atoms with van der Waals surface area (Å²) in [6, 6.07) is 1.98. The normalized spacial score (nSPS) is 13.2. The van der Waals surface area contributed by atoms with Crippen molar-refractivity contribution in [3.63, 3.8) is 0 Å². The zero-order valence-electron chi connectivity index (χ0n) is 11.2. The number of aliphatic hydroxyl groups is 1. The first-order valence-corrected chi connectivity index (χ1v) is 6.44. The third-order valence-electron chi connectivity index (χ3n) is 3.23. The first-order valence-electron chi connectivity index (χ1n) is 6.44. The van der Waals surface area contributed by atoms with Gasteiger partial charge in [-0.25, -0.2) is 4.98 Å². The zero-order valence-corrected chi connectivity index (χ0v) is 11.2. The molecule has 2 aromatic heterocycles. The number of rotatable bonds is 5. The molecule has 0 saturated heterocycles. The molecule has 4 nitrogen and oxygen atoms in total. The molecule has 4 heteroatoms. The van der Waals surface area contributed by atoms with E-state index in [1.807, 2.05) is 44.8 Å². The SMILES string of the molecule is CCn1cncc1Cn1ccc(C(O)C(C)C)c1. The van der Waals surface area contributed by atoms with Gasteiger partial charge in [-0.05, 0) is 24.5 Å². The van der Waals surface area contributed by atoms with Gasteiger partial charge in [-0.1, -0.05) is 13.8 Å². The van der Waals surface area contributed by atoms with Crippen molar-refractivity contribution in [1.82, 2.24) is 14.1 Å². The lowest BCUT2D eigenvalue weighted by molar-refractivity contribution is 0.127. The van der Waals surface area contributed by atoms with Crippen LogP contribution in [-0.2, 0) is 13.1 Å². The third kappa shape index (κ3) is 2.64. The highest BCUT2D eigenvalue weighted by Crippen LogP contribution is 2.21. The van der Waals surface area contributed by atoms with Crippen LogP contribution in [0.1, 0.15) is 38.1 Å². The van der Waals surface area contributed by atoms with Crippen LogP contribution in [0.25, 0.3) is 0 Å². The maximum atomic E-state index is 10.0. The highest BCUT2D eigenvalue weighted by Gasteiger charge is 2.13. The van der Waals surface area contributed by atoms with E-state index in [-0.39, 0.29) is 12.0 Å². The molecule has 1 atom stereocenters. The minimum atomic E-state index is -0.387. The highest BCUT2D eigenvalue weighted by molar-refractivity contribution is 5.15. The molecule has 0 bridgehead atoms. The fourth-order valence-electron chi connectivity index (χ4n) is 2.07. The van der Waals surface area contributed by atoms with Crippen LogP contribution in [0.15, 0.2) is 31.0 Å². The lowest BCUT2D eigenvalue weighted by Crippen LogP contribution is -2.06. The Morgan fingerprint density at radius 3 is 2.83 bits per heavy atom. The second kappa shape index (κ2) is 5.40. The Morgan fingerprint density at radius 1 is 1.39 bits per heavy atom. The standard InChI is InChI=1S/C14H21N3O/c1-4-17-10-15-7-13(17)9-16-6-5-12(8-16)14(18)11(2)3/h5-8,10-11,14,18H,4,9H2,1-3H3. The molecule has 1 unspecified atom stereocenters. The fourth-order valence-corrected chi connectivity index (χ4v) is 2.07. The molecule has 98 valence electrons. The van der Waals surface area contributed by atoms with Crippen LogP contribution in [0.4, 0.5) is 0 Å². The van der Waals surface area contributed by atoms with Gasteiger partial charge in [0.05, 0.1) is 24.7 Å². The van der Waals surface area contributed by atoms with Gasteiger partial charge in [0.2, 0.25) is 0 Å². The van der Waals surface area contributed by atoms with Gasteiger partial charge in [0, 0.05) is 25.1 Å². The predicted molar refractivity (Wildman–Crippen MR) is 71.2 cm³/mol. The van der Waals surface area contributed by atoms with Crippen molar-refractivity contribution < 1.29 is 5.11 Å². The number of hydrogen-bond acceptors (Lipinski definition) is 2. The van der Waals surface area contributed by atoms with Crippen molar-refractivity contribution in [2.75, 3.05) is 0 Å². The molecule has 0 aliphatic carbocycles. The first-order chi connectivity index (χ1) is 8.61. The number of nitrogens with zero attached hydrogens (tertiary/aromatic N) is 3. The van der Waals surface area contributed by atoms with Gasteiger partial charge >= 0.3 is 0 Å². The zero-order chi connectivity index (χ0) is 13.1. The molecular formula is C14H21N3O. The van der Waals surface area contributed by atoms with Crippen LogP contribution in [0.3, 0.4) is 0 Å². The summed E-state index contributed by atoms with van der Waals surface area (Å²) in [6.45, 7) is 7.87. The van der Waals surface area contributed by atoms with E-state index in [2.05, 4.69) is 21.0 Å². The molecule has 0 amide bonds. The van der Waals surface area contributed by atoms with Crippen molar-refractivity contribution in [1.29, 1.82) is 0 Å². The van der Waals surface area contributed by atoms with E-state index in [0.29, 0.717) is 0 Å². The fraction of sp³-hybridized carbons (Fsp3) is 0.500. The van der Waals surface area contributed by atoms with E-state index in [1.165, 1.54) is 5.69 Å². The Balaban J connectivity index is 2.11. The van der Waals surface area contributed by atoms with Gasteiger partial charge in [-0.2, -0.15) is 0 Å². The van der Waals surface area contributed by atoms with E-state index in [0.717, 1.165) is 18.7 Å². The van der Waals surface area contributed by atoms with Crippen LogP contribution >= 0.6 is 0 Å². The summed E-state index contributed by atoms with van der Waals surface area (Å²) < 4.78 is 4.21. The Hall–Kier alpha value is -1.55. The van der Waals surface area contributed by atoms with E-state index in [4.69, 9.17) is 0 Å². The molecular weight excluding hydrogens is 226 g/mol. The molecule has 0 aromatic carbocycles. The number of aromatic nitrogens is 3. The number of aryl methyl sites for hydroxylation is 1. The molecule has 2 heterocycles. The second-order valence-corrected chi connectivity index (χ2v) is 4.98. The minimum Gasteiger partial charge on any atom is -0.388 e. The summed E-state index contributed by atoms with van der Waals surface area (Å²) in [6.07, 6.45) is 7.37. The molecule has 0 saturated carbocycles. The van der Waals surface area contributed by atoms with Crippen LogP contribution in [0.2, 0.25) is 0 Å². The Kier molecular flexibility index (Phi) is 3.87. The number of aliphatic hydroxyl groups excluding tert-OH is 1. The Bertz CT molecular complexity index is 499. The molecule has 0 aliphatic heterocycles. The average Bonchev–Trinajstić information content (AvgIpc) is 2.97. The van der Waals surface area contributed by atoms with Crippen LogP contribution < -0.4 is 0 Å². The van der Waals surface area contributed by atoms with Gasteiger partial charge in [-0.15, -0.1) is 0 Å². The number of imidazole rings is 1. The van der Waals surface area contributed by atoms with Gasteiger partial charge in [0.1, 0.15) is 0 Å². The van der Waals surface area contributed by atoms with E-state index < -0.39 is 0 Å². The summed E-state index contributed by atoms with van der Waals surface area (Å²) in [5.41, 5.74) is 2.16. The monoisotopic (exact) mass is 247 g/mol. The first kappa shape index (κ1) is 12.9. The maximum Gasteiger partial charge on any atom is 0.0948 e. The summed E-state index contributed by atoms with van der Waals surface area (Å²) in [4.78, 5) is 4.16. The molecule has 2 aromatic rings. The van der Waals surface area contributed by atoms with Crippen LogP contribution in [0, 0.1) is 5.92 Å². The van der Waals surface area contributed by atoms with Crippen molar-refractivity contribution >= 4 is 0 Å². The summed E-state index contributed by atoms with van der Waals surface area (Å²) >= 11 is 0. The Morgan fingerprint density at radius 2 is 2.17 bits per heavy atom. The molecule has 2 rings (SSSR count). The minimum absolute atomic E-state index is 0.238. The number of hydrogen-bond donors (Lipinski definition) is 1. The topological polar surface area (TPSA) is 43.0 Å². The van der Waals surface area contributed by atoms with E-state index in [9.17, 15) is 5.11 Å². The molecule has 18 heavy (non-hydrogen) atoms. The van der Waals surface area contributed by atoms with Crippen LogP contribution in [-0.4, -0.2) is 19.2 Å². The van der Waals surface area contributed by atoms with E-state index in [1.54, 1.807) is 0 Å². The largest absolute Gasteiger partial charge is 0.388 e. The lowest BCUT2D eigenvalue weighted by Gasteiger charge is -2.12. The maximum absolute atomic E-state index is 10.0. The quantitative estimate of drug-likeness (QED) is 0.882. The smallest absolute Gasteiger partial charge is 0.0948 e. The molecule has 0 radical (unpaired) electrons. The van der Waals surface area contributed by atoms with Gasteiger partial charge in [-0.3, -0.25) is 0 Å². The molecule has 0 fully saturated rings. The van der Waals surface area contributed by atoms with E-state index >= 15 is 0 Å². The second-order valence-electron chi connectivity index (χ2n) is 4.98. The van der Waals surface area contributed by atoms with Crippen molar-refractivity contribution in [2.45, 2.75) is 40.0 Å². The Labute approximate surface area is 108 Å². The van der Waals surface area contributed by atoms with Gasteiger partial charge in [0.25, 0.3) is 0 Å². The predicted octanol–water partition coefficient (Wildman–Crippen LogP) is 2.44. The van der Waals surface area contributed by atoms with Gasteiger partial charge < -0.3 is 14.2 Å². The average molecular weight is 247 g/mol. The lowest BCUT2D eigenvalue weighted by atomic mass is 10.0.